The summed E-state index contributed by atoms with van der Waals surface area (Å²) in [5, 5.41) is 3.31. The molecule has 1 atom stereocenters. The second-order valence-corrected chi connectivity index (χ2v) is 7.53. The minimum absolute atomic E-state index is 0.529. The van der Waals surface area contributed by atoms with Gasteiger partial charge in [-0.15, -0.1) is 0 Å². The molecule has 0 aliphatic carbocycles. The van der Waals surface area contributed by atoms with Crippen molar-refractivity contribution in [1.29, 1.82) is 0 Å². The van der Waals surface area contributed by atoms with Crippen LogP contribution in [0.5, 0.6) is 0 Å². The zero-order valence-electron chi connectivity index (χ0n) is 17.1. The second kappa shape index (κ2) is 10.3. The van der Waals surface area contributed by atoms with E-state index in [1.807, 2.05) is 12.1 Å². The van der Waals surface area contributed by atoms with Crippen LogP contribution in [-0.2, 0) is 19.6 Å². The van der Waals surface area contributed by atoms with E-state index in [1.54, 1.807) is 6.26 Å². The highest BCUT2D eigenvalue weighted by Gasteiger charge is 2.22. The second-order valence-electron chi connectivity index (χ2n) is 7.53. The largest absolute Gasteiger partial charge is 0.468 e. The Morgan fingerprint density at radius 2 is 2.07 bits per heavy atom. The van der Waals surface area contributed by atoms with Gasteiger partial charge in [-0.25, -0.2) is 4.99 Å². The summed E-state index contributed by atoms with van der Waals surface area (Å²) in [7, 11) is 2.10. The molecule has 0 spiro atoms. The maximum Gasteiger partial charge on any atom is 0.188 e. The minimum atomic E-state index is 0.529. The molecule has 1 fully saturated rings. The van der Waals surface area contributed by atoms with Crippen LogP contribution in [0.4, 0.5) is 0 Å². The number of furan rings is 1. The van der Waals surface area contributed by atoms with E-state index in [0.717, 1.165) is 31.9 Å². The van der Waals surface area contributed by atoms with E-state index in [-0.39, 0.29) is 0 Å². The lowest BCUT2D eigenvalue weighted by Gasteiger charge is -2.23. The van der Waals surface area contributed by atoms with E-state index in [1.165, 1.54) is 30.5 Å². The third-order valence-electron chi connectivity index (χ3n) is 5.41. The first-order valence-corrected chi connectivity index (χ1v) is 10.2. The van der Waals surface area contributed by atoms with Gasteiger partial charge in [0, 0.05) is 19.1 Å². The number of benzene rings is 1. The molecule has 1 aromatic carbocycles. The summed E-state index contributed by atoms with van der Waals surface area (Å²) in [6.45, 7) is 7.59. The number of hydrogen-bond donors (Lipinski definition) is 2. The number of likely N-dealkylation sites (N-methyl/N-ethyl adjacent to an activating group) is 1. The molecule has 6 heteroatoms. The van der Waals surface area contributed by atoms with Crippen molar-refractivity contribution in [3.63, 3.8) is 0 Å². The molecule has 3 rings (SSSR count). The molecule has 152 valence electrons. The third kappa shape index (κ3) is 5.84. The monoisotopic (exact) mass is 383 g/mol. The maximum absolute atomic E-state index is 6.13. The molecule has 1 saturated heterocycles. The van der Waals surface area contributed by atoms with Crippen LogP contribution >= 0.6 is 0 Å². The van der Waals surface area contributed by atoms with Crippen molar-refractivity contribution in [2.45, 2.75) is 45.4 Å². The zero-order valence-corrected chi connectivity index (χ0v) is 17.1. The van der Waals surface area contributed by atoms with Crippen LogP contribution in [0.15, 0.2) is 52.1 Å². The standard InChI is InChI=1S/C22H33N5O/c1-3-27-12-6-10-20(27)15-25-22(23)24-14-18-8-4-5-9-19(18)16-26(2)17-21-11-7-13-28-21/h4-5,7-9,11,13,20H,3,6,10,12,14-17H2,1-2H3,(H3,23,24,25). The van der Waals surface area contributed by atoms with Crippen molar-refractivity contribution in [2.75, 3.05) is 26.7 Å². The molecule has 28 heavy (non-hydrogen) atoms. The number of nitrogens with two attached hydrogens (primary N) is 1. The quantitative estimate of drug-likeness (QED) is 0.515. The number of aliphatic imine (C=N–C) groups is 1. The summed E-state index contributed by atoms with van der Waals surface area (Å²) in [5.74, 6) is 1.50. The molecule has 1 aromatic heterocycles. The molecule has 1 aliphatic rings. The van der Waals surface area contributed by atoms with Crippen LogP contribution in [0.1, 0.15) is 36.7 Å². The number of guanidine groups is 1. The summed E-state index contributed by atoms with van der Waals surface area (Å²) < 4.78 is 5.44. The molecule has 1 aliphatic heterocycles. The average molecular weight is 384 g/mol. The minimum Gasteiger partial charge on any atom is -0.468 e. The van der Waals surface area contributed by atoms with Gasteiger partial charge >= 0.3 is 0 Å². The normalized spacial score (nSPS) is 18.1. The Kier molecular flexibility index (Phi) is 7.51. The molecule has 6 nitrogen and oxygen atoms in total. The van der Waals surface area contributed by atoms with Crippen molar-refractivity contribution in [1.82, 2.24) is 15.1 Å². The van der Waals surface area contributed by atoms with Gasteiger partial charge in [0.25, 0.3) is 0 Å². The van der Waals surface area contributed by atoms with Gasteiger partial charge in [-0.05, 0) is 56.2 Å². The first kappa shape index (κ1) is 20.4. The molecule has 0 saturated carbocycles. The highest BCUT2D eigenvalue weighted by molar-refractivity contribution is 5.77. The van der Waals surface area contributed by atoms with Gasteiger partial charge in [0.1, 0.15) is 5.76 Å². The van der Waals surface area contributed by atoms with Gasteiger partial charge in [0.05, 0.1) is 19.4 Å². The molecule has 0 radical (unpaired) electrons. The van der Waals surface area contributed by atoms with E-state index >= 15 is 0 Å². The van der Waals surface area contributed by atoms with Gasteiger partial charge in [0.2, 0.25) is 0 Å². The molecule has 2 aromatic rings. The van der Waals surface area contributed by atoms with Crippen molar-refractivity contribution >= 4 is 5.96 Å². The van der Waals surface area contributed by atoms with Gasteiger partial charge in [-0.1, -0.05) is 31.2 Å². The smallest absolute Gasteiger partial charge is 0.188 e. The summed E-state index contributed by atoms with van der Waals surface area (Å²) in [4.78, 5) is 9.32. The number of nitrogens with zero attached hydrogens (tertiary/aromatic N) is 3. The first-order valence-electron chi connectivity index (χ1n) is 10.2. The van der Waals surface area contributed by atoms with E-state index in [9.17, 15) is 0 Å². The van der Waals surface area contributed by atoms with E-state index in [0.29, 0.717) is 18.5 Å². The van der Waals surface area contributed by atoms with Crippen LogP contribution < -0.4 is 11.1 Å². The summed E-state index contributed by atoms with van der Waals surface area (Å²) in [5.41, 5.74) is 8.59. The number of rotatable bonds is 9. The fourth-order valence-electron chi connectivity index (χ4n) is 3.87. The molecular formula is C22H33N5O. The van der Waals surface area contributed by atoms with Crippen LogP contribution in [0, 0.1) is 0 Å². The topological polar surface area (TPSA) is 70.0 Å². The summed E-state index contributed by atoms with van der Waals surface area (Å²) in [6, 6.07) is 12.9. The molecule has 1 unspecified atom stereocenters. The first-order chi connectivity index (χ1) is 13.7. The Labute approximate surface area is 168 Å². The van der Waals surface area contributed by atoms with Crippen LogP contribution in [0.2, 0.25) is 0 Å². The van der Waals surface area contributed by atoms with Crippen molar-refractivity contribution in [2.24, 2.45) is 10.7 Å². The van der Waals surface area contributed by atoms with Gasteiger partial charge in [0.15, 0.2) is 5.96 Å². The third-order valence-corrected chi connectivity index (χ3v) is 5.41. The fraction of sp³-hybridized carbons (Fsp3) is 0.500. The Morgan fingerprint density at radius 1 is 1.25 bits per heavy atom. The number of likely N-dealkylation sites (tertiary alicyclic amines) is 1. The number of hydrogen-bond acceptors (Lipinski definition) is 4. The highest BCUT2D eigenvalue weighted by Crippen LogP contribution is 2.16. The molecule has 3 N–H and O–H groups in total. The van der Waals surface area contributed by atoms with E-state index < -0.39 is 0 Å². The molecule has 2 heterocycles. The lowest BCUT2D eigenvalue weighted by Crippen LogP contribution is -2.42. The van der Waals surface area contributed by atoms with Crippen molar-refractivity contribution in [3.8, 4) is 0 Å². The van der Waals surface area contributed by atoms with Crippen molar-refractivity contribution < 1.29 is 4.42 Å². The SMILES string of the molecule is CCN1CCCC1CNC(N)=NCc1ccccc1CN(C)Cc1ccco1. The van der Waals surface area contributed by atoms with E-state index in [4.69, 9.17) is 10.2 Å². The van der Waals surface area contributed by atoms with Crippen LogP contribution in [0.25, 0.3) is 0 Å². The summed E-state index contributed by atoms with van der Waals surface area (Å²) >= 11 is 0. The Hall–Kier alpha value is -2.31. The van der Waals surface area contributed by atoms with Crippen LogP contribution in [0.3, 0.4) is 0 Å². The fourth-order valence-corrected chi connectivity index (χ4v) is 3.87. The highest BCUT2D eigenvalue weighted by atomic mass is 16.3. The predicted molar refractivity (Wildman–Crippen MR) is 114 cm³/mol. The molecular weight excluding hydrogens is 350 g/mol. The molecule has 0 amide bonds. The predicted octanol–water partition coefficient (Wildman–Crippen LogP) is 2.80. The van der Waals surface area contributed by atoms with Gasteiger partial charge in [-0.3, -0.25) is 9.80 Å². The Morgan fingerprint density at radius 3 is 2.82 bits per heavy atom. The lowest BCUT2D eigenvalue weighted by molar-refractivity contribution is 0.267. The van der Waals surface area contributed by atoms with Gasteiger partial charge in [-0.2, -0.15) is 0 Å². The maximum atomic E-state index is 6.13. The number of nitrogens with one attached hydrogen (secondary N) is 1. The lowest BCUT2D eigenvalue weighted by atomic mass is 10.1. The van der Waals surface area contributed by atoms with E-state index in [2.05, 4.69) is 58.3 Å². The molecule has 0 bridgehead atoms. The van der Waals surface area contributed by atoms with Gasteiger partial charge < -0.3 is 15.5 Å². The summed E-state index contributed by atoms with van der Waals surface area (Å²) in [6.07, 6.45) is 4.22. The average Bonchev–Trinajstić information content (AvgIpc) is 3.37. The van der Waals surface area contributed by atoms with Crippen LogP contribution in [-0.4, -0.2) is 48.5 Å². The van der Waals surface area contributed by atoms with Crippen molar-refractivity contribution in [3.05, 3.63) is 59.5 Å². The Bertz CT molecular complexity index is 743. The zero-order chi connectivity index (χ0) is 19.8. The Balaban J connectivity index is 1.52.